The summed E-state index contributed by atoms with van der Waals surface area (Å²) in [5.74, 6) is 1.73. The van der Waals surface area contributed by atoms with Gasteiger partial charge in [0, 0.05) is 12.6 Å². The van der Waals surface area contributed by atoms with E-state index in [2.05, 4.69) is 9.55 Å². The number of halogens is 2. The first-order valence-corrected chi connectivity index (χ1v) is 6.02. The Hall–Kier alpha value is -1.09. The summed E-state index contributed by atoms with van der Waals surface area (Å²) in [5, 5.41) is 0. The van der Waals surface area contributed by atoms with E-state index in [1.165, 1.54) is 25.0 Å². The number of benzene rings is 1. The minimum Gasteiger partial charge on any atom is -0.327 e. The number of rotatable bonds is 3. The molecule has 16 heavy (non-hydrogen) atoms. The van der Waals surface area contributed by atoms with Gasteiger partial charge >= 0.3 is 0 Å². The number of alkyl halides is 1. The summed E-state index contributed by atoms with van der Waals surface area (Å²) in [6, 6.07) is 4.73. The summed E-state index contributed by atoms with van der Waals surface area (Å²) < 4.78 is 15.2. The summed E-state index contributed by atoms with van der Waals surface area (Å²) in [5.41, 5.74) is 1.69. The van der Waals surface area contributed by atoms with E-state index in [4.69, 9.17) is 11.6 Å². The van der Waals surface area contributed by atoms with E-state index in [0.717, 1.165) is 23.8 Å². The molecule has 1 fully saturated rings. The van der Waals surface area contributed by atoms with Crippen LogP contribution in [0.5, 0.6) is 0 Å². The van der Waals surface area contributed by atoms with Crippen molar-refractivity contribution in [1.82, 2.24) is 9.55 Å². The van der Waals surface area contributed by atoms with Crippen LogP contribution < -0.4 is 0 Å². The summed E-state index contributed by atoms with van der Waals surface area (Å²) in [6.07, 6.45) is 2.56. The Labute approximate surface area is 98.0 Å². The molecule has 2 aromatic rings. The molecule has 1 aromatic heterocycles. The second-order valence-corrected chi connectivity index (χ2v) is 4.62. The van der Waals surface area contributed by atoms with Crippen LogP contribution in [0.3, 0.4) is 0 Å². The van der Waals surface area contributed by atoms with Gasteiger partial charge in [-0.05, 0) is 30.9 Å². The molecule has 0 radical (unpaired) electrons. The monoisotopic (exact) mass is 238 g/mol. The minimum atomic E-state index is -0.246. The molecule has 1 saturated carbocycles. The highest BCUT2D eigenvalue weighted by atomic mass is 35.5. The van der Waals surface area contributed by atoms with Crippen LogP contribution in [-0.2, 0) is 12.4 Å². The van der Waals surface area contributed by atoms with Crippen LogP contribution in [0.1, 0.15) is 18.7 Å². The van der Waals surface area contributed by atoms with E-state index in [0.29, 0.717) is 11.4 Å². The third-order valence-electron chi connectivity index (χ3n) is 3.05. The highest BCUT2D eigenvalue weighted by Gasteiger charge is 2.24. The highest BCUT2D eigenvalue weighted by molar-refractivity contribution is 6.16. The fraction of sp³-hybridized carbons (Fsp3) is 0.417. The zero-order chi connectivity index (χ0) is 11.1. The smallest absolute Gasteiger partial charge is 0.125 e. The van der Waals surface area contributed by atoms with E-state index < -0.39 is 0 Å². The first kappa shape index (κ1) is 10.1. The zero-order valence-electron chi connectivity index (χ0n) is 8.79. The molecule has 0 aliphatic heterocycles. The van der Waals surface area contributed by atoms with Crippen molar-refractivity contribution < 1.29 is 4.39 Å². The molecule has 1 heterocycles. The van der Waals surface area contributed by atoms with Crippen LogP contribution in [0.15, 0.2) is 18.2 Å². The van der Waals surface area contributed by atoms with Crippen LogP contribution in [0.4, 0.5) is 4.39 Å². The number of nitrogens with zero attached hydrogens (tertiary/aromatic N) is 2. The Morgan fingerprint density at radius 2 is 2.25 bits per heavy atom. The number of fused-ring (bicyclic) bond motifs is 1. The van der Waals surface area contributed by atoms with Crippen molar-refractivity contribution in [2.45, 2.75) is 25.3 Å². The fourth-order valence-corrected chi connectivity index (χ4v) is 2.22. The third kappa shape index (κ3) is 1.69. The molecule has 0 unspecified atom stereocenters. The zero-order valence-corrected chi connectivity index (χ0v) is 9.54. The molecule has 3 rings (SSSR count). The molecule has 0 N–H and O–H groups in total. The number of imidazole rings is 1. The molecule has 1 aromatic carbocycles. The maximum atomic E-state index is 13.1. The summed E-state index contributed by atoms with van der Waals surface area (Å²) in [7, 11) is 0. The predicted molar refractivity (Wildman–Crippen MR) is 62.0 cm³/mol. The lowest BCUT2D eigenvalue weighted by Crippen LogP contribution is -2.03. The summed E-state index contributed by atoms with van der Waals surface area (Å²) in [4.78, 5) is 4.36. The van der Waals surface area contributed by atoms with Gasteiger partial charge in [0.1, 0.15) is 11.6 Å². The van der Waals surface area contributed by atoms with Crippen molar-refractivity contribution in [2.75, 3.05) is 0 Å². The van der Waals surface area contributed by atoms with Crippen LogP contribution in [-0.4, -0.2) is 9.55 Å². The molecule has 0 saturated heterocycles. The molecule has 0 bridgehead atoms. The standard InChI is InChI=1S/C12H12ClFN2/c13-6-12-15-10-5-9(14)3-4-11(10)16(12)7-8-1-2-8/h3-5,8H,1-2,6-7H2. The van der Waals surface area contributed by atoms with Gasteiger partial charge < -0.3 is 4.57 Å². The second-order valence-electron chi connectivity index (χ2n) is 4.35. The van der Waals surface area contributed by atoms with Crippen molar-refractivity contribution in [3.8, 4) is 0 Å². The molecule has 4 heteroatoms. The average molecular weight is 239 g/mol. The van der Waals surface area contributed by atoms with Gasteiger partial charge in [-0.25, -0.2) is 9.37 Å². The van der Waals surface area contributed by atoms with Gasteiger partial charge in [-0.3, -0.25) is 0 Å². The van der Waals surface area contributed by atoms with E-state index in [9.17, 15) is 4.39 Å². The molecule has 1 aliphatic carbocycles. The van der Waals surface area contributed by atoms with Crippen molar-refractivity contribution in [3.63, 3.8) is 0 Å². The van der Waals surface area contributed by atoms with Crippen LogP contribution in [0.25, 0.3) is 11.0 Å². The number of aromatic nitrogens is 2. The van der Waals surface area contributed by atoms with Crippen molar-refractivity contribution >= 4 is 22.6 Å². The second kappa shape index (κ2) is 3.74. The molecule has 84 valence electrons. The normalized spacial score (nSPS) is 15.9. The van der Waals surface area contributed by atoms with Crippen molar-refractivity contribution in [3.05, 3.63) is 29.8 Å². The number of hydrogen-bond acceptors (Lipinski definition) is 1. The van der Waals surface area contributed by atoms with E-state index in [1.807, 2.05) is 0 Å². The van der Waals surface area contributed by atoms with Gasteiger partial charge in [-0.1, -0.05) is 0 Å². The molecular formula is C12H12ClFN2. The Kier molecular flexibility index (Phi) is 2.36. The van der Waals surface area contributed by atoms with Gasteiger partial charge in [0.25, 0.3) is 0 Å². The average Bonchev–Trinajstić information content (AvgIpc) is 3.01. The summed E-state index contributed by atoms with van der Waals surface area (Å²) >= 11 is 5.87. The van der Waals surface area contributed by atoms with Gasteiger partial charge in [0.05, 0.1) is 16.9 Å². The molecular weight excluding hydrogens is 227 g/mol. The predicted octanol–water partition coefficient (Wildman–Crippen LogP) is 3.32. The lowest BCUT2D eigenvalue weighted by molar-refractivity contribution is 0.621. The maximum absolute atomic E-state index is 13.1. The lowest BCUT2D eigenvalue weighted by Gasteiger charge is -2.05. The Morgan fingerprint density at radius 3 is 2.94 bits per heavy atom. The van der Waals surface area contributed by atoms with Gasteiger partial charge in [-0.15, -0.1) is 11.6 Å². The Morgan fingerprint density at radius 1 is 1.44 bits per heavy atom. The van der Waals surface area contributed by atoms with E-state index >= 15 is 0 Å². The SMILES string of the molecule is Fc1ccc2c(c1)nc(CCl)n2CC1CC1. The Bertz CT molecular complexity index is 531. The topological polar surface area (TPSA) is 17.8 Å². The maximum Gasteiger partial charge on any atom is 0.125 e. The van der Waals surface area contributed by atoms with Crippen molar-refractivity contribution in [1.29, 1.82) is 0 Å². The molecule has 2 nitrogen and oxygen atoms in total. The molecule has 0 atom stereocenters. The highest BCUT2D eigenvalue weighted by Crippen LogP contribution is 2.32. The van der Waals surface area contributed by atoms with Gasteiger partial charge in [0.15, 0.2) is 0 Å². The first-order valence-electron chi connectivity index (χ1n) is 5.48. The van der Waals surface area contributed by atoms with Gasteiger partial charge in [0.2, 0.25) is 0 Å². The van der Waals surface area contributed by atoms with Gasteiger partial charge in [-0.2, -0.15) is 0 Å². The van der Waals surface area contributed by atoms with Crippen LogP contribution in [0.2, 0.25) is 0 Å². The quantitative estimate of drug-likeness (QED) is 0.750. The lowest BCUT2D eigenvalue weighted by atomic mass is 10.3. The Balaban J connectivity index is 2.13. The molecule has 0 spiro atoms. The molecule has 0 amide bonds. The minimum absolute atomic E-state index is 0.246. The fourth-order valence-electron chi connectivity index (χ4n) is 2.02. The third-order valence-corrected chi connectivity index (χ3v) is 3.29. The first-order chi connectivity index (χ1) is 7.78. The van der Waals surface area contributed by atoms with Crippen LogP contribution in [0, 0.1) is 11.7 Å². The van der Waals surface area contributed by atoms with Crippen molar-refractivity contribution in [2.24, 2.45) is 5.92 Å². The number of hydrogen-bond donors (Lipinski definition) is 0. The van der Waals surface area contributed by atoms with Crippen LogP contribution >= 0.6 is 11.6 Å². The van der Waals surface area contributed by atoms with E-state index in [1.54, 1.807) is 6.07 Å². The molecule has 1 aliphatic rings. The van der Waals surface area contributed by atoms with E-state index in [-0.39, 0.29) is 5.82 Å². The largest absolute Gasteiger partial charge is 0.327 e. The summed E-state index contributed by atoms with van der Waals surface area (Å²) in [6.45, 7) is 0.962.